The van der Waals surface area contributed by atoms with Gasteiger partial charge in [-0.05, 0) is 12.8 Å². The molecule has 1 heterocycles. The van der Waals surface area contributed by atoms with Gasteiger partial charge in [0.05, 0.1) is 11.4 Å². The highest BCUT2D eigenvalue weighted by molar-refractivity contribution is 6.00. The Labute approximate surface area is 147 Å². The lowest BCUT2D eigenvalue weighted by Gasteiger charge is -2.12. The van der Waals surface area contributed by atoms with Gasteiger partial charge in [0.2, 0.25) is 5.91 Å². The summed E-state index contributed by atoms with van der Waals surface area (Å²) in [4.78, 5) is 12.7. The molecule has 0 bridgehead atoms. The highest BCUT2D eigenvalue weighted by atomic mass is 16.1. The standard InChI is InChI=1S/C21H21N3O/c25-21(17-13-7-8-14-17)22-20-18(15-9-3-1-4-10-15)23-24-19(20)16-11-5-2-6-12-16/h1-6,9-12,17H,7-8,13-14H2,(H,22,25)(H,23,24). The lowest BCUT2D eigenvalue weighted by Crippen LogP contribution is -2.20. The Morgan fingerprint density at radius 2 is 1.52 bits per heavy atom. The molecule has 2 aromatic carbocycles. The van der Waals surface area contributed by atoms with Gasteiger partial charge in [0.1, 0.15) is 5.69 Å². The first kappa shape index (κ1) is 15.6. The van der Waals surface area contributed by atoms with Crippen LogP contribution in [0.15, 0.2) is 60.7 Å². The monoisotopic (exact) mass is 331 g/mol. The molecule has 2 N–H and O–H groups in total. The van der Waals surface area contributed by atoms with Crippen LogP contribution in [0.4, 0.5) is 5.69 Å². The first-order valence-corrected chi connectivity index (χ1v) is 8.83. The topological polar surface area (TPSA) is 57.8 Å². The predicted molar refractivity (Wildman–Crippen MR) is 100 cm³/mol. The second-order valence-corrected chi connectivity index (χ2v) is 6.52. The van der Waals surface area contributed by atoms with E-state index in [9.17, 15) is 4.79 Å². The van der Waals surface area contributed by atoms with Crippen molar-refractivity contribution in [3.63, 3.8) is 0 Å². The molecule has 0 saturated heterocycles. The summed E-state index contributed by atoms with van der Waals surface area (Å²) in [6, 6.07) is 20.0. The molecule has 4 rings (SSSR count). The molecule has 1 fully saturated rings. The molecule has 0 aliphatic heterocycles. The van der Waals surface area contributed by atoms with E-state index in [1.165, 1.54) is 0 Å². The van der Waals surface area contributed by atoms with Crippen molar-refractivity contribution in [1.29, 1.82) is 0 Å². The molecule has 1 aliphatic rings. The van der Waals surface area contributed by atoms with Gasteiger partial charge in [0.15, 0.2) is 0 Å². The van der Waals surface area contributed by atoms with Gasteiger partial charge in [0, 0.05) is 17.0 Å². The third-order valence-corrected chi connectivity index (χ3v) is 4.85. The van der Waals surface area contributed by atoms with Crippen LogP contribution in [0.1, 0.15) is 25.7 Å². The van der Waals surface area contributed by atoms with Gasteiger partial charge in [-0.15, -0.1) is 0 Å². The SMILES string of the molecule is O=C(Nc1c(-c2ccccc2)n[nH]c1-c1ccccc1)C1CCCC1. The molecule has 0 unspecified atom stereocenters. The summed E-state index contributed by atoms with van der Waals surface area (Å²) in [6.07, 6.45) is 4.23. The fourth-order valence-corrected chi connectivity index (χ4v) is 3.50. The molecule has 1 saturated carbocycles. The van der Waals surface area contributed by atoms with E-state index in [0.717, 1.165) is 53.9 Å². The number of anilines is 1. The van der Waals surface area contributed by atoms with Gasteiger partial charge >= 0.3 is 0 Å². The summed E-state index contributed by atoms with van der Waals surface area (Å²) in [5.74, 6) is 0.218. The van der Waals surface area contributed by atoms with Crippen LogP contribution in [-0.2, 0) is 4.79 Å². The zero-order chi connectivity index (χ0) is 17.1. The van der Waals surface area contributed by atoms with Crippen LogP contribution in [0, 0.1) is 5.92 Å². The average Bonchev–Trinajstić information content (AvgIpc) is 3.33. The van der Waals surface area contributed by atoms with E-state index in [1.54, 1.807) is 0 Å². The summed E-state index contributed by atoms with van der Waals surface area (Å²) in [7, 11) is 0. The zero-order valence-corrected chi connectivity index (χ0v) is 14.0. The molecule has 126 valence electrons. The molecule has 4 heteroatoms. The Morgan fingerprint density at radius 3 is 2.16 bits per heavy atom. The normalized spacial score (nSPS) is 14.6. The summed E-state index contributed by atoms with van der Waals surface area (Å²) in [6.45, 7) is 0. The minimum atomic E-state index is 0.105. The van der Waals surface area contributed by atoms with Gasteiger partial charge in [-0.3, -0.25) is 9.89 Å². The van der Waals surface area contributed by atoms with Crippen molar-refractivity contribution in [3.05, 3.63) is 60.7 Å². The van der Waals surface area contributed by atoms with E-state index in [-0.39, 0.29) is 11.8 Å². The number of amides is 1. The fraction of sp³-hybridized carbons (Fsp3) is 0.238. The number of H-pyrrole nitrogens is 1. The number of carbonyl (C=O) groups excluding carboxylic acids is 1. The maximum absolute atomic E-state index is 12.7. The highest BCUT2D eigenvalue weighted by Gasteiger charge is 2.25. The van der Waals surface area contributed by atoms with E-state index >= 15 is 0 Å². The Kier molecular flexibility index (Phi) is 4.34. The molecule has 1 aliphatic carbocycles. The maximum atomic E-state index is 12.7. The number of hydrogen-bond donors (Lipinski definition) is 2. The minimum Gasteiger partial charge on any atom is -0.322 e. The van der Waals surface area contributed by atoms with E-state index in [0.29, 0.717) is 0 Å². The van der Waals surface area contributed by atoms with E-state index in [4.69, 9.17) is 0 Å². The number of benzene rings is 2. The first-order chi connectivity index (χ1) is 12.3. The average molecular weight is 331 g/mol. The van der Waals surface area contributed by atoms with Gasteiger partial charge in [-0.2, -0.15) is 5.10 Å². The van der Waals surface area contributed by atoms with Crippen molar-refractivity contribution >= 4 is 11.6 Å². The van der Waals surface area contributed by atoms with Gasteiger partial charge in [-0.25, -0.2) is 0 Å². The van der Waals surface area contributed by atoms with E-state index in [2.05, 4.69) is 15.5 Å². The highest BCUT2D eigenvalue weighted by Crippen LogP contribution is 2.36. The molecule has 4 nitrogen and oxygen atoms in total. The fourth-order valence-electron chi connectivity index (χ4n) is 3.50. The predicted octanol–water partition coefficient (Wildman–Crippen LogP) is 4.87. The summed E-state index contributed by atoms with van der Waals surface area (Å²) in [5.41, 5.74) is 4.41. The lowest BCUT2D eigenvalue weighted by atomic mass is 10.0. The Balaban J connectivity index is 1.75. The van der Waals surface area contributed by atoms with Crippen LogP contribution >= 0.6 is 0 Å². The number of aromatic amines is 1. The number of nitrogens with zero attached hydrogens (tertiary/aromatic N) is 1. The number of nitrogens with one attached hydrogen (secondary N) is 2. The molecule has 1 aromatic heterocycles. The van der Waals surface area contributed by atoms with Crippen molar-refractivity contribution in [2.24, 2.45) is 5.92 Å². The largest absolute Gasteiger partial charge is 0.322 e. The molecule has 0 radical (unpaired) electrons. The number of hydrogen-bond acceptors (Lipinski definition) is 2. The van der Waals surface area contributed by atoms with Crippen LogP contribution < -0.4 is 5.32 Å². The summed E-state index contributed by atoms with van der Waals surface area (Å²) >= 11 is 0. The van der Waals surface area contributed by atoms with Crippen molar-refractivity contribution in [1.82, 2.24) is 10.2 Å². The quantitative estimate of drug-likeness (QED) is 0.716. The van der Waals surface area contributed by atoms with Gasteiger partial charge in [-0.1, -0.05) is 73.5 Å². The Hall–Kier alpha value is -2.88. The molecule has 1 amide bonds. The molecule has 25 heavy (non-hydrogen) atoms. The molecular weight excluding hydrogens is 310 g/mol. The van der Waals surface area contributed by atoms with Crippen LogP contribution in [0.3, 0.4) is 0 Å². The number of rotatable bonds is 4. The van der Waals surface area contributed by atoms with Gasteiger partial charge in [0.25, 0.3) is 0 Å². The summed E-state index contributed by atoms with van der Waals surface area (Å²) < 4.78 is 0. The van der Waals surface area contributed by atoms with Crippen molar-refractivity contribution < 1.29 is 4.79 Å². The van der Waals surface area contributed by atoms with Crippen molar-refractivity contribution in [2.75, 3.05) is 5.32 Å². The summed E-state index contributed by atoms with van der Waals surface area (Å²) in [5, 5.41) is 10.8. The molecule has 0 spiro atoms. The zero-order valence-electron chi connectivity index (χ0n) is 14.0. The van der Waals surface area contributed by atoms with Gasteiger partial charge < -0.3 is 5.32 Å². The van der Waals surface area contributed by atoms with Crippen molar-refractivity contribution in [2.45, 2.75) is 25.7 Å². The lowest BCUT2D eigenvalue weighted by molar-refractivity contribution is -0.119. The minimum absolute atomic E-state index is 0.105. The number of carbonyl (C=O) groups is 1. The third-order valence-electron chi connectivity index (χ3n) is 4.85. The van der Waals surface area contributed by atoms with E-state index < -0.39 is 0 Å². The van der Waals surface area contributed by atoms with E-state index in [1.807, 2.05) is 60.7 Å². The van der Waals surface area contributed by atoms with Crippen LogP contribution in [-0.4, -0.2) is 16.1 Å². The van der Waals surface area contributed by atoms with Crippen LogP contribution in [0.5, 0.6) is 0 Å². The molecule has 0 atom stereocenters. The van der Waals surface area contributed by atoms with Crippen LogP contribution in [0.2, 0.25) is 0 Å². The van der Waals surface area contributed by atoms with Crippen molar-refractivity contribution in [3.8, 4) is 22.5 Å². The smallest absolute Gasteiger partial charge is 0.227 e. The molecular formula is C21H21N3O. The third kappa shape index (κ3) is 3.20. The second-order valence-electron chi connectivity index (χ2n) is 6.52. The first-order valence-electron chi connectivity index (χ1n) is 8.83. The second kappa shape index (κ2) is 6.93. The number of aromatic nitrogens is 2. The maximum Gasteiger partial charge on any atom is 0.227 e. The Morgan fingerprint density at radius 1 is 0.920 bits per heavy atom. The molecule has 3 aromatic rings. The van der Waals surface area contributed by atoms with Crippen LogP contribution in [0.25, 0.3) is 22.5 Å². The Bertz CT molecular complexity index is 792.